The number of anilines is 2. The van der Waals surface area contributed by atoms with Gasteiger partial charge in [-0.1, -0.05) is 6.92 Å². The van der Waals surface area contributed by atoms with E-state index < -0.39 is 0 Å². The molecule has 0 spiro atoms. The molecule has 2 aliphatic heterocycles. The molecule has 0 saturated carbocycles. The third-order valence-corrected chi connectivity index (χ3v) is 4.86. The normalized spacial score (nSPS) is 20.0. The molecule has 6 heteroatoms. The minimum absolute atomic E-state index is 0.868. The molecule has 3 N–H and O–H groups in total. The number of aryl methyl sites for hydroxylation is 1. The maximum atomic E-state index is 6.23. The van der Waals surface area contributed by atoms with Crippen LogP contribution in [-0.4, -0.2) is 65.4 Å². The predicted molar refractivity (Wildman–Crippen MR) is 91.2 cm³/mol. The number of hydrogen-bond acceptors (Lipinski definition) is 5. The lowest BCUT2D eigenvalue weighted by atomic mass is 10.1. The Labute approximate surface area is 133 Å². The van der Waals surface area contributed by atoms with E-state index in [4.69, 9.17) is 5.73 Å². The SMILES string of the molecule is CCCN1CCN(CCNc2nn3c(c2N)CCCC3)CC1. The molecule has 1 fully saturated rings. The van der Waals surface area contributed by atoms with Crippen molar-refractivity contribution in [3.8, 4) is 0 Å². The van der Waals surface area contributed by atoms with E-state index >= 15 is 0 Å². The van der Waals surface area contributed by atoms with E-state index in [0.29, 0.717) is 0 Å². The van der Waals surface area contributed by atoms with Crippen molar-refractivity contribution >= 4 is 11.5 Å². The second kappa shape index (κ2) is 7.33. The maximum absolute atomic E-state index is 6.23. The highest BCUT2D eigenvalue weighted by Gasteiger charge is 2.19. The third kappa shape index (κ3) is 3.55. The van der Waals surface area contributed by atoms with Gasteiger partial charge >= 0.3 is 0 Å². The van der Waals surface area contributed by atoms with Crippen LogP contribution < -0.4 is 11.1 Å². The summed E-state index contributed by atoms with van der Waals surface area (Å²) in [5.74, 6) is 0.890. The van der Waals surface area contributed by atoms with Crippen LogP contribution in [0.2, 0.25) is 0 Å². The quantitative estimate of drug-likeness (QED) is 0.828. The van der Waals surface area contributed by atoms with Crippen molar-refractivity contribution in [2.24, 2.45) is 0 Å². The first kappa shape index (κ1) is 15.6. The molecule has 0 radical (unpaired) electrons. The Hall–Kier alpha value is -1.27. The molecule has 0 aromatic carbocycles. The van der Waals surface area contributed by atoms with E-state index in [1.807, 2.05) is 0 Å². The van der Waals surface area contributed by atoms with Crippen LogP contribution in [0.4, 0.5) is 11.5 Å². The standard InChI is InChI=1S/C16H30N6/c1-2-7-20-10-12-21(13-11-20)9-6-18-16-15(17)14-5-3-4-8-22(14)19-16/h2-13,17H2,1H3,(H,18,19). The van der Waals surface area contributed by atoms with Crippen molar-refractivity contribution in [1.82, 2.24) is 19.6 Å². The molecule has 3 rings (SSSR count). The summed E-state index contributed by atoms with van der Waals surface area (Å²) in [5, 5.41) is 8.06. The van der Waals surface area contributed by atoms with Crippen molar-refractivity contribution in [2.75, 3.05) is 56.9 Å². The minimum atomic E-state index is 0.868. The monoisotopic (exact) mass is 306 g/mol. The number of nitrogens with one attached hydrogen (secondary N) is 1. The largest absolute Gasteiger partial charge is 0.394 e. The lowest BCUT2D eigenvalue weighted by molar-refractivity contribution is 0.136. The van der Waals surface area contributed by atoms with Gasteiger partial charge in [0.05, 0.1) is 11.4 Å². The van der Waals surface area contributed by atoms with E-state index in [9.17, 15) is 0 Å². The molecule has 124 valence electrons. The number of fused-ring (bicyclic) bond motifs is 1. The first-order chi connectivity index (χ1) is 10.8. The second-order valence-corrected chi connectivity index (χ2v) is 6.50. The molecule has 0 unspecified atom stereocenters. The van der Waals surface area contributed by atoms with Gasteiger partial charge in [-0.25, -0.2) is 0 Å². The average molecular weight is 306 g/mol. The van der Waals surface area contributed by atoms with Crippen molar-refractivity contribution in [3.05, 3.63) is 5.69 Å². The number of hydrogen-bond donors (Lipinski definition) is 2. The lowest BCUT2D eigenvalue weighted by Gasteiger charge is -2.34. The molecule has 1 aromatic rings. The lowest BCUT2D eigenvalue weighted by Crippen LogP contribution is -2.47. The summed E-state index contributed by atoms with van der Waals surface area (Å²) in [7, 11) is 0. The highest BCUT2D eigenvalue weighted by molar-refractivity contribution is 5.64. The van der Waals surface area contributed by atoms with Gasteiger partial charge in [-0.3, -0.25) is 9.58 Å². The van der Waals surface area contributed by atoms with Crippen molar-refractivity contribution in [2.45, 2.75) is 39.2 Å². The molecule has 2 aliphatic rings. The predicted octanol–water partition coefficient (Wildman–Crippen LogP) is 1.24. The summed E-state index contributed by atoms with van der Waals surface area (Å²) in [6.45, 7) is 11.3. The summed E-state index contributed by atoms with van der Waals surface area (Å²) >= 11 is 0. The zero-order valence-electron chi connectivity index (χ0n) is 13.9. The molecule has 0 aliphatic carbocycles. The minimum Gasteiger partial charge on any atom is -0.394 e. The van der Waals surface area contributed by atoms with E-state index in [1.54, 1.807) is 0 Å². The molecule has 0 atom stereocenters. The summed E-state index contributed by atoms with van der Waals surface area (Å²) in [6.07, 6.45) is 4.78. The van der Waals surface area contributed by atoms with Crippen LogP contribution in [0.15, 0.2) is 0 Å². The molecular weight excluding hydrogens is 276 g/mol. The van der Waals surface area contributed by atoms with E-state index in [2.05, 4.69) is 31.8 Å². The highest BCUT2D eigenvalue weighted by atomic mass is 15.3. The third-order valence-electron chi connectivity index (χ3n) is 4.86. The fourth-order valence-corrected chi connectivity index (χ4v) is 3.53. The van der Waals surface area contributed by atoms with Gasteiger partial charge in [0.1, 0.15) is 0 Å². The Morgan fingerprint density at radius 2 is 1.77 bits per heavy atom. The van der Waals surface area contributed by atoms with Crippen molar-refractivity contribution < 1.29 is 0 Å². The summed E-state index contributed by atoms with van der Waals surface area (Å²) in [4.78, 5) is 5.09. The molecule has 3 heterocycles. The zero-order valence-corrected chi connectivity index (χ0v) is 13.9. The van der Waals surface area contributed by atoms with Gasteiger partial charge in [0.25, 0.3) is 0 Å². The Morgan fingerprint density at radius 3 is 2.45 bits per heavy atom. The van der Waals surface area contributed by atoms with Crippen LogP contribution in [0.1, 0.15) is 31.9 Å². The van der Waals surface area contributed by atoms with Crippen LogP contribution in [0, 0.1) is 0 Å². The smallest absolute Gasteiger partial charge is 0.171 e. The number of rotatable bonds is 6. The fraction of sp³-hybridized carbons (Fsp3) is 0.812. The Balaban J connectivity index is 1.43. The van der Waals surface area contributed by atoms with E-state index in [1.165, 1.54) is 57.7 Å². The summed E-state index contributed by atoms with van der Waals surface area (Å²) in [6, 6.07) is 0. The van der Waals surface area contributed by atoms with Gasteiger partial charge in [-0.15, -0.1) is 0 Å². The molecular formula is C16H30N6. The first-order valence-electron chi connectivity index (χ1n) is 8.81. The van der Waals surface area contributed by atoms with Crippen LogP contribution >= 0.6 is 0 Å². The summed E-state index contributed by atoms with van der Waals surface area (Å²) < 4.78 is 2.09. The van der Waals surface area contributed by atoms with E-state index in [0.717, 1.165) is 37.6 Å². The van der Waals surface area contributed by atoms with Crippen molar-refractivity contribution in [1.29, 1.82) is 0 Å². The van der Waals surface area contributed by atoms with Gasteiger partial charge in [-0.05, 0) is 32.2 Å². The van der Waals surface area contributed by atoms with Crippen LogP contribution in [0.5, 0.6) is 0 Å². The Kier molecular flexibility index (Phi) is 5.20. The van der Waals surface area contributed by atoms with Crippen LogP contribution in [-0.2, 0) is 13.0 Å². The molecule has 1 aromatic heterocycles. The van der Waals surface area contributed by atoms with Gasteiger partial charge in [0.2, 0.25) is 0 Å². The number of nitrogen functional groups attached to an aromatic ring is 1. The maximum Gasteiger partial charge on any atom is 0.171 e. The molecule has 0 amide bonds. The van der Waals surface area contributed by atoms with Crippen LogP contribution in [0.3, 0.4) is 0 Å². The summed E-state index contributed by atoms with van der Waals surface area (Å²) in [5.41, 5.74) is 8.32. The Morgan fingerprint density at radius 1 is 1.05 bits per heavy atom. The van der Waals surface area contributed by atoms with Gasteiger partial charge in [-0.2, -0.15) is 5.10 Å². The van der Waals surface area contributed by atoms with Gasteiger partial charge in [0, 0.05) is 45.8 Å². The molecule has 22 heavy (non-hydrogen) atoms. The van der Waals surface area contributed by atoms with Gasteiger partial charge < -0.3 is 16.0 Å². The topological polar surface area (TPSA) is 62.3 Å². The number of aromatic nitrogens is 2. The second-order valence-electron chi connectivity index (χ2n) is 6.50. The molecule has 6 nitrogen and oxygen atoms in total. The number of nitrogens with zero attached hydrogens (tertiary/aromatic N) is 4. The van der Waals surface area contributed by atoms with E-state index in [-0.39, 0.29) is 0 Å². The molecule has 1 saturated heterocycles. The fourth-order valence-electron chi connectivity index (χ4n) is 3.53. The average Bonchev–Trinajstić information content (AvgIpc) is 2.86. The van der Waals surface area contributed by atoms with Gasteiger partial charge in [0.15, 0.2) is 5.82 Å². The Bertz CT molecular complexity index is 475. The first-order valence-corrected chi connectivity index (χ1v) is 8.81. The number of nitrogens with two attached hydrogens (primary N) is 1. The van der Waals surface area contributed by atoms with Crippen molar-refractivity contribution in [3.63, 3.8) is 0 Å². The zero-order chi connectivity index (χ0) is 15.4. The number of piperazine rings is 1. The molecule has 0 bridgehead atoms. The highest BCUT2D eigenvalue weighted by Crippen LogP contribution is 2.26. The van der Waals surface area contributed by atoms with Crippen LogP contribution in [0.25, 0.3) is 0 Å².